The molecule has 1 saturated heterocycles. The topological polar surface area (TPSA) is 33.7 Å². The molecule has 5 heteroatoms. The first-order valence-corrected chi connectivity index (χ1v) is 7.58. The first-order valence-electron chi connectivity index (χ1n) is 6.50. The number of piperazine rings is 1. The van der Waals surface area contributed by atoms with Gasteiger partial charge in [-0.3, -0.25) is 4.90 Å². The molecule has 1 aliphatic rings. The molecule has 0 spiro atoms. The standard InChI is InChI=1S/C14H21IN2O2/c1-10-8-17(5-4-16-10)9-11-6-12(15)14(19-3)13(7-11)18-2/h6-7,10,16H,4-5,8-9H2,1-3H3/t10-/m0/s1. The number of ether oxygens (including phenoxy) is 2. The number of benzene rings is 1. The Morgan fingerprint density at radius 1 is 1.37 bits per heavy atom. The summed E-state index contributed by atoms with van der Waals surface area (Å²) in [6.07, 6.45) is 0. The number of hydrogen-bond donors (Lipinski definition) is 1. The SMILES string of the molecule is COc1cc(CN2CCN[C@@H](C)C2)cc(I)c1OC. The lowest BCUT2D eigenvalue weighted by Crippen LogP contribution is -2.48. The molecule has 1 aliphatic heterocycles. The molecule has 0 aromatic heterocycles. The number of hydrogen-bond acceptors (Lipinski definition) is 4. The summed E-state index contributed by atoms with van der Waals surface area (Å²) >= 11 is 2.30. The third-order valence-electron chi connectivity index (χ3n) is 3.35. The van der Waals surface area contributed by atoms with Gasteiger partial charge in [0.25, 0.3) is 0 Å². The number of methoxy groups -OCH3 is 2. The van der Waals surface area contributed by atoms with Gasteiger partial charge in [0.15, 0.2) is 11.5 Å². The van der Waals surface area contributed by atoms with Crippen molar-refractivity contribution in [1.29, 1.82) is 0 Å². The third-order valence-corrected chi connectivity index (χ3v) is 4.15. The van der Waals surface area contributed by atoms with Crippen molar-refractivity contribution in [1.82, 2.24) is 10.2 Å². The van der Waals surface area contributed by atoms with Gasteiger partial charge in [-0.25, -0.2) is 0 Å². The zero-order valence-electron chi connectivity index (χ0n) is 11.7. The highest BCUT2D eigenvalue weighted by Crippen LogP contribution is 2.33. The van der Waals surface area contributed by atoms with Crippen LogP contribution in [0.15, 0.2) is 12.1 Å². The van der Waals surface area contributed by atoms with Crippen LogP contribution in [0.5, 0.6) is 11.5 Å². The van der Waals surface area contributed by atoms with Crippen molar-refractivity contribution in [2.75, 3.05) is 33.9 Å². The van der Waals surface area contributed by atoms with E-state index in [1.807, 2.05) is 0 Å². The molecule has 0 amide bonds. The summed E-state index contributed by atoms with van der Waals surface area (Å²) < 4.78 is 11.9. The smallest absolute Gasteiger partial charge is 0.174 e. The normalized spacial score (nSPS) is 20.3. The molecule has 19 heavy (non-hydrogen) atoms. The van der Waals surface area contributed by atoms with Crippen molar-refractivity contribution in [3.63, 3.8) is 0 Å². The fraction of sp³-hybridized carbons (Fsp3) is 0.571. The van der Waals surface area contributed by atoms with E-state index < -0.39 is 0 Å². The first-order chi connectivity index (χ1) is 9.13. The van der Waals surface area contributed by atoms with E-state index in [1.54, 1.807) is 14.2 Å². The highest BCUT2D eigenvalue weighted by atomic mass is 127. The lowest BCUT2D eigenvalue weighted by Gasteiger charge is -2.32. The van der Waals surface area contributed by atoms with E-state index in [4.69, 9.17) is 9.47 Å². The van der Waals surface area contributed by atoms with Crippen LogP contribution in [-0.4, -0.2) is 44.8 Å². The summed E-state index contributed by atoms with van der Waals surface area (Å²) in [6, 6.07) is 4.82. The van der Waals surface area contributed by atoms with Crippen LogP contribution in [0.3, 0.4) is 0 Å². The average molecular weight is 376 g/mol. The molecular formula is C14H21IN2O2. The number of nitrogens with zero attached hydrogens (tertiary/aromatic N) is 1. The van der Waals surface area contributed by atoms with Crippen molar-refractivity contribution in [2.24, 2.45) is 0 Å². The summed E-state index contributed by atoms with van der Waals surface area (Å²) in [5.41, 5.74) is 1.27. The number of halogens is 1. The highest BCUT2D eigenvalue weighted by molar-refractivity contribution is 14.1. The lowest BCUT2D eigenvalue weighted by atomic mass is 10.1. The first kappa shape index (κ1) is 14.9. The van der Waals surface area contributed by atoms with Crippen LogP contribution >= 0.6 is 22.6 Å². The van der Waals surface area contributed by atoms with Gasteiger partial charge in [-0.2, -0.15) is 0 Å². The minimum Gasteiger partial charge on any atom is -0.493 e. The monoisotopic (exact) mass is 376 g/mol. The van der Waals surface area contributed by atoms with Gasteiger partial charge in [0.2, 0.25) is 0 Å². The van der Waals surface area contributed by atoms with Crippen LogP contribution in [0.2, 0.25) is 0 Å². The van der Waals surface area contributed by atoms with Gasteiger partial charge in [-0.1, -0.05) is 0 Å². The molecule has 0 aliphatic carbocycles. The maximum atomic E-state index is 5.41. The molecular weight excluding hydrogens is 355 g/mol. The Balaban J connectivity index is 2.14. The summed E-state index contributed by atoms with van der Waals surface area (Å²) in [4.78, 5) is 2.47. The predicted octanol–water partition coefficient (Wildman–Crippen LogP) is 2.10. The third kappa shape index (κ3) is 3.73. The predicted molar refractivity (Wildman–Crippen MR) is 85.0 cm³/mol. The quantitative estimate of drug-likeness (QED) is 0.817. The van der Waals surface area contributed by atoms with Gasteiger partial charge >= 0.3 is 0 Å². The Hall–Kier alpha value is -0.530. The molecule has 4 nitrogen and oxygen atoms in total. The average Bonchev–Trinajstić information content (AvgIpc) is 2.38. The van der Waals surface area contributed by atoms with E-state index in [0.717, 1.165) is 41.2 Å². The van der Waals surface area contributed by atoms with E-state index in [9.17, 15) is 0 Å². The maximum absolute atomic E-state index is 5.41. The molecule has 106 valence electrons. The summed E-state index contributed by atoms with van der Waals surface area (Å²) in [5, 5.41) is 3.46. The van der Waals surface area contributed by atoms with Gasteiger partial charge in [0.05, 0.1) is 17.8 Å². The Labute approximate surface area is 128 Å². The Morgan fingerprint density at radius 3 is 2.79 bits per heavy atom. The van der Waals surface area contributed by atoms with Crippen molar-refractivity contribution in [3.8, 4) is 11.5 Å². The Morgan fingerprint density at radius 2 is 2.16 bits per heavy atom. The van der Waals surface area contributed by atoms with E-state index >= 15 is 0 Å². The Kier molecular flexibility index (Phi) is 5.29. The lowest BCUT2D eigenvalue weighted by molar-refractivity contribution is 0.199. The molecule has 2 rings (SSSR count). The summed E-state index contributed by atoms with van der Waals surface area (Å²) in [6.45, 7) is 6.43. The summed E-state index contributed by atoms with van der Waals surface area (Å²) in [7, 11) is 3.36. The van der Waals surface area contributed by atoms with Crippen molar-refractivity contribution < 1.29 is 9.47 Å². The molecule has 1 fully saturated rings. The van der Waals surface area contributed by atoms with Gasteiger partial charge in [-0.15, -0.1) is 0 Å². The second-order valence-electron chi connectivity index (χ2n) is 4.90. The van der Waals surface area contributed by atoms with E-state index in [2.05, 4.69) is 51.9 Å². The summed E-state index contributed by atoms with van der Waals surface area (Å²) in [5.74, 6) is 1.63. The largest absolute Gasteiger partial charge is 0.493 e. The molecule has 1 N–H and O–H groups in total. The van der Waals surface area contributed by atoms with Crippen LogP contribution in [0.1, 0.15) is 12.5 Å². The van der Waals surface area contributed by atoms with Crippen molar-refractivity contribution in [3.05, 3.63) is 21.3 Å². The van der Waals surface area contributed by atoms with Gasteiger partial charge in [0, 0.05) is 32.2 Å². The van der Waals surface area contributed by atoms with Gasteiger partial charge < -0.3 is 14.8 Å². The second kappa shape index (κ2) is 6.76. The molecule has 1 aromatic carbocycles. The Bertz CT molecular complexity index is 440. The molecule has 1 atom stereocenters. The molecule has 0 unspecified atom stereocenters. The van der Waals surface area contributed by atoms with Crippen LogP contribution in [0.4, 0.5) is 0 Å². The van der Waals surface area contributed by atoms with Crippen LogP contribution in [-0.2, 0) is 6.54 Å². The minimum absolute atomic E-state index is 0.563. The fourth-order valence-corrected chi connectivity index (χ4v) is 3.36. The van der Waals surface area contributed by atoms with E-state index in [-0.39, 0.29) is 0 Å². The minimum atomic E-state index is 0.563. The van der Waals surface area contributed by atoms with Gasteiger partial charge in [-0.05, 0) is 47.2 Å². The molecule has 0 saturated carbocycles. The van der Waals surface area contributed by atoms with Crippen molar-refractivity contribution >= 4 is 22.6 Å². The van der Waals surface area contributed by atoms with Crippen LogP contribution < -0.4 is 14.8 Å². The highest BCUT2D eigenvalue weighted by Gasteiger charge is 2.17. The van der Waals surface area contributed by atoms with Gasteiger partial charge in [0.1, 0.15) is 0 Å². The molecule has 0 bridgehead atoms. The number of nitrogens with one attached hydrogen (secondary N) is 1. The van der Waals surface area contributed by atoms with Crippen LogP contribution in [0.25, 0.3) is 0 Å². The maximum Gasteiger partial charge on any atom is 0.174 e. The molecule has 1 aromatic rings. The zero-order valence-corrected chi connectivity index (χ0v) is 13.9. The second-order valence-corrected chi connectivity index (χ2v) is 6.07. The fourth-order valence-electron chi connectivity index (χ4n) is 2.48. The van der Waals surface area contributed by atoms with Crippen molar-refractivity contribution in [2.45, 2.75) is 19.5 Å². The number of rotatable bonds is 4. The van der Waals surface area contributed by atoms with Crippen LogP contribution in [0, 0.1) is 3.57 Å². The zero-order chi connectivity index (χ0) is 13.8. The van der Waals surface area contributed by atoms with E-state index in [1.165, 1.54) is 5.56 Å². The van der Waals surface area contributed by atoms with E-state index in [0.29, 0.717) is 6.04 Å². The molecule has 0 radical (unpaired) electrons. The molecule has 1 heterocycles.